The summed E-state index contributed by atoms with van der Waals surface area (Å²) in [5.41, 5.74) is -0.994. The third-order valence-corrected chi connectivity index (χ3v) is 4.25. The summed E-state index contributed by atoms with van der Waals surface area (Å²) in [7, 11) is 0. The highest BCUT2D eigenvalue weighted by atomic mass is 32.1. The zero-order valence-corrected chi connectivity index (χ0v) is 13.8. The van der Waals surface area contributed by atoms with Gasteiger partial charge in [0.15, 0.2) is 0 Å². The third-order valence-electron chi connectivity index (χ3n) is 3.34. The number of carbonyl (C=O) groups is 1. The Bertz CT molecular complexity index is 767. The van der Waals surface area contributed by atoms with E-state index in [2.05, 4.69) is 12.2 Å². The van der Waals surface area contributed by atoms with Crippen LogP contribution in [0.2, 0.25) is 0 Å². The van der Waals surface area contributed by atoms with Gasteiger partial charge in [0.1, 0.15) is 5.52 Å². The van der Waals surface area contributed by atoms with Gasteiger partial charge in [0.25, 0.3) is 0 Å². The van der Waals surface area contributed by atoms with Crippen molar-refractivity contribution in [3.05, 3.63) is 33.4 Å². The Balaban J connectivity index is 2.12. The minimum Gasteiger partial charge on any atom is -0.320 e. The van der Waals surface area contributed by atoms with Crippen LogP contribution in [0.5, 0.6) is 0 Å². The molecule has 9 heteroatoms. The summed E-state index contributed by atoms with van der Waals surface area (Å²) in [6.45, 7) is 2.44. The molecule has 1 amide bonds. The minimum absolute atomic E-state index is 0.0824. The number of carbonyl (C=O) groups excluding carboxylic acids is 1. The van der Waals surface area contributed by atoms with Gasteiger partial charge in [-0.1, -0.05) is 37.5 Å². The van der Waals surface area contributed by atoms with Crippen molar-refractivity contribution < 1.29 is 22.8 Å². The van der Waals surface area contributed by atoms with Crippen molar-refractivity contribution >= 4 is 27.6 Å². The zero-order valence-electron chi connectivity index (χ0n) is 13.0. The van der Waals surface area contributed by atoms with Crippen LogP contribution in [-0.4, -0.2) is 17.4 Å². The molecule has 24 heavy (non-hydrogen) atoms. The Morgan fingerprint density at radius 3 is 2.71 bits per heavy atom. The van der Waals surface area contributed by atoms with Gasteiger partial charge in [-0.3, -0.25) is 4.79 Å². The van der Waals surface area contributed by atoms with Crippen LogP contribution in [0.1, 0.15) is 38.2 Å². The fourth-order valence-corrected chi connectivity index (χ4v) is 2.91. The highest BCUT2D eigenvalue weighted by Crippen LogP contribution is 2.31. The van der Waals surface area contributed by atoms with Gasteiger partial charge in [0.2, 0.25) is 0 Å². The first-order valence-electron chi connectivity index (χ1n) is 7.52. The Morgan fingerprint density at radius 2 is 2.04 bits per heavy atom. The summed E-state index contributed by atoms with van der Waals surface area (Å²) in [5, 5.41) is 2.48. The molecule has 1 heterocycles. The minimum atomic E-state index is -4.54. The molecule has 0 saturated carbocycles. The number of nitrogens with one attached hydrogen (secondary N) is 1. The second-order valence-corrected chi connectivity index (χ2v) is 6.20. The maximum absolute atomic E-state index is 12.8. The van der Waals surface area contributed by atoms with E-state index in [4.69, 9.17) is 4.84 Å². The highest BCUT2D eigenvalue weighted by molar-refractivity contribution is 7.16. The number of unbranched alkanes of at least 4 members (excludes halogenated alkanes) is 3. The van der Waals surface area contributed by atoms with E-state index in [-0.39, 0.29) is 5.52 Å². The van der Waals surface area contributed by atoms with E-state index in [1.54, 1.807) is 0 Å². The van der Waals surface area contributed by atoms with Gasteiger partial charge >= 0.3 is 17.1 Å². The topological polar surface area (TPSA) is 60.3 Å². The highest BCUT2D eigenvalue weighted by Gasteiger charge is 2.31. The lowest BCUT2D eigenvalue weighted by Crippen LogP contribution is -2.36. The van der Waals surface area contributed by atoms with Gasteiger partial charge in [-0.15, -0.1) is 4.73 Å². The number of rotatable bonds is 6. The molecule has 0 spiro atoms. The van der Waals surface area contributed by atoms with E-state index in [9.17, 15) is 22.8 Å². The molecule has 0 saturated heterocycles. The van der Waals surface area contributed by atoms with E-state index < -0.39 is 22.7 Å². The molecule has 0 unspecified atom stereocenters. The summed E-state index contributed by atoms with van der Waals surface area (Å²) in [4.78, 5) is 27.8. The van der Waals surface area contributed by atoms with E-state index >= 15 is 0 Å². The van der Waals surface area contributed by atoms with Gasteiger partial charge in [-0.05, 0) is 24.6 Å². The Morgan fingerprint density at radius 1 is 1.29 bits per heavy atom. The fourth-order valence-electron chi connectivity index (χ4n) is 2.12. The van der Waals surface area contributed by atoms with Crippen LogP contribution in [0.3, 0.4) is 0 Å². The van der Waals surface area contributed by atoms with Gasteiger partial charge in [0, 0.05) is 6.54 Å². The molecule has 0 aliphatic carbocycles. The molecule has 0 radical (unpaired) electrons. The number of aromatic nitrogens is 1. The second kappa shape index (κ2) is 7.69. The normalized spacial score (nSPS) is 11.7. The molecule has 1 aromatic heterocycles. The molecule has 0 bridgehead atoms. The van der Waals surface area contributed by atoms with Crippen molar-refractivity contribution in [2.75, 3.05) is 6.54 Å². The predicted octanol–water partition coefficient (Wildman–Crippen LogP) is 3.80. The average molecular weight is 362 g/mol. The maximum atomic E-state index is 12.8. The molecule has 0 aliphatic heterocycles. The molecule has 1 aromatic carbocycles. The number of halogens is 3. The maximum Gasteiger partial charge on any atom is 0.432 e. The van der Waals surface area contributed by atoms with Gasteiger partial charge in [-0.25, -0.2) is 4.79 Å². The van der Waals surface area contributed by atoms with Crippen LogP contribution in [0, 0.1) is 0 Å². The Labute approximate surface area is 140 Å². The molecular formula is C15H17F3N2O3S. The van der Waals surface area contributed by atoms with Gasteiger partial charge in [-0.2, -0.15) is 13.2 Å². The number of amides is 1. The number of hydrogen-bond acceptors (Lipinski definition) is 4. The van der Waals surface area contributed by atoms with Crippen LogP contribution in [0.15, 0.2) is 23.0 Å². The van der Waals surface area contributed by atoms with Crippen molar-refractivity contribution in [3.63, 3.8) is 0 Å². The number of hydrogen-bond donors (Lipinski definition) is 1. The molecule has 0 fully saturated rings. The molecule has 0 atom stereocenters. The smallest absolute Gasteiger partial charge is 0.320 e. The lowest BCUT2D eigenvalue weighted by atomic mass is 10.2. The number of alkyl halides is 3. The zero-order chi connectivity index (χ0) is 17.7. The number of benzene rings is 1. The van der Waals surface area contributed by atoms with Gasteiger partial charge in [0.05, 0.1) is 10.3 Å². The van der Waals surface area contributed by atoms with Crippen molar-refractivity contribution in [1.82, 2.24) is 10.0 Å². The molecule has 0 aliphatic rings. The van der Waals surface area contributed by atoms with E-state index in [0.29, 0.717) is 27.3 Å². The molecule has 1 N–H and O–H groups in total. The lowest BCUT2D eigenvalue weighted by molar-refractivity contribution is -0.137. The first-order chi connectivity index (χ1) is 11.3. The molecule has 2 rings (SSSR count). The number of fused-ring (bicyclic) bond motifs is 1. The molecule has 132 valence electrons. The van der Waals surface area contributed by atoms with Crippen molar-refractivity contribution in [1.29, 1.82) is 0 Å². The predicted molar refractivity (Wildman–Crippen MR) is 85.2 cm³/mol. The van der Waals surface area contributed by atoms with Crippen LogP contribution >= 0.6 is 11.3 Å². The van der Waals surface area contributed by atoms with Crippen molar-refractivity contribution in [3.8, 4) is 0 Å². The standard InChI is InChI=1S/C15H17F3N2O3S/c1-2-3-4-5-8-19-13(21)23-20-11-9-10(15(16,17)18)6-7-12(11)24-14(20)22/h6-7,9H,2-5,8H2,1H3,(H,19,21). The first-order valence-corrected chi connectivity index (χ1v) is 8.33. The van der Waals surface area contributed by atoms with E-state index in [0.717, 1.165) is 37.8 Å². The number of thiazole rings is 1. The fraction of sp³-hybridized carbons (Fsp3) is 0.467. The van der Waals surface area contributed by atoms with Crippen LogP contribution in [-0.2, 0) is 6.18 Å². The summed E-state index contributed by atoms with van der Waals surface area (Å²) < 4.78 is 39.2. The Hall–Kier alpha value is -2.03. The van der Waals surface area contributed by atoms with Crippen LogP contribution in [0.25, 0.3) is 10.2 Å². The third kappa shape index (κ3) is 4.50. The van der Waals surface area contributed by atoms with Gasteiger partial charge < -0.3 is 10.2 Å². The average Bonchev–Trinajstić information content (AvgIpc) is 2.81. The first kappa shape index (κ1) is 18.3. The Kier molecular flexibility index (Phi) is 5.87. The van der Waals surface area contributed by atoms with Crippen LogP contribution in [0.4, 0.5) is 18.0 Å². The van der Waals surface area contributed by atoms with E-state index in [1.165, 1.54) is 6.07 Å². The monoisotopic (exact) mass is 362 g/mol. The molecular weight excluding hydrogens is 345 g/mol. The summed E-state index contributed by atoms with van der Waals surface area (Å²) in [6.07, 6.45) is -1.59. The summed E-state index contributed by atoms with van der Waals surface area (Å²) >= 11 is 0.710. The summed E-state index contributed by atoms with van der Waals surface area (Å²) in [5.74, 6) is 0. The number of nitrogens with zero attached hydrogens (tertiary/aromatic N) is 1. The second-order valence-electron chi connectivity index (χ2n) is 5.21. The van der Waals surface area contributed by atoms with E-state index in [1.807, 2.05) is 0 Å². The molecule has 5 nitrogen and oxygen atoms in total. The van der Waals surface area contributed by atoms with Crippen molar-refractivity contribution in [2.45, 2.75) is 38.8 Å². The SMILES string of the molecule is CCCCCCNC(=O)On1c(=O)sc2ccc(C(F)(F)F)cc21. The quantitative estimate of drug-likeness (QED) is 0.795. The largest absolute Gasteiger partial charge is 0.432 e. The van der Waals surface area contributed by atoms with Crippen molar-refractivity contribution in [2.24, 2.45) is 0 Å². The van der Waals surface area contributed by atoms with Crippen LogP contribution < -0.4 is 15.0 Å². The lowest BCUT2D eigenvalue weighted by Gasteiger charge is -2.09. The summed E-state index contributed by atoms with van der Waals surface area (Å²) in [6, 6.07) is 2.87. The molecule has 2 aromatic rings.